The van der Waals surface area contributed by atoms with Crippen LogP contribution >= 0.6 is 11.3 Å². The maximum absolute atomic E-state index is 5.18. The fraction of sp³-hybridized carbons (Fsp3) is 0.444. The molecule has 130 valence electrons. The number of nitrogens with one attached hydrogen (secondary N) is 2. The topological polar surface area (TPSA) is 58.5 Å². The number of hydrogen-bond donors (Lipinski definition) is 2. The molecule has 0 saturated carbocycles. The third kappa shape index (κ3) is 6.20. The molecule has 0 atom stereocenters. The zero-order valence-electron chi connectivity index (χ0n) is 14.6. The summed E-state index contributed by atoms with van der Waals surface area (Å²) < 4.78 is 5.18. The third-order valence-corrected chi connectivity index (χ3v) is 4.45. The summed E-state index contributed by atoms with van der Waals surface area (Å²) in [7, 11) is 1.68. The molecule has 0 radical (unpaired) electrons. The van der Waals surface area contributed by atoms with E-state index in [1.165, 1.54) is 10.4 Å². The van der Waals surface area contributed by atoms with Gasteiger partial charge in [0.2, 0.25) is 0 Å². The highest BCUT2D eigenvalue weighted by Gasteiger charge is 2.01. The summed E-state index contributed by atoms with van der Waals surface area (Å²) >= 11 is 1.74. The van der Waals surface area contributed by atoms with Crippen molar-refractivity contribution < 1.29 is 4.74 Å². The number of rotatable bonds is 8. The molecule has 2 rings (SSSR count). The van der Waals surface area contributed by atoms with Gasteiger partial charge < -0.3 is 15.4 Å². The fourth-order valence-electron chi connectivity index (χ4n) is 2.24. The second-order valence-electron chi connectivity index (χ2n) is 5.40. The highest BCUT2D eigenvalue weighted by Crippen LogP contribution is 2.12. The third-order valence-electron chi connectivity index (χ3n) is 3.47. The molecule has 6 heteroatoms. The molecule has 0 aliphatic carbocycles. The van der Waals surface area contributed by atoms with Crippen LogP contribution in [0.15, 0.2) is 35.5 Å². The molecule has 1 aromatic carbocycles. The second-order valence-corrected chi connectivity index (χ2v) is 6.72. The van der Waals surface area contributed by atoms with E-state index < -0.39 is 0 Å². The van der Waals surface area contributed by atoms with Crippen LogP contribution in [-0.2, 0) is 12.8 Å². The Kier molecular flexibility index (Phi) is 7.55. The first-order valence-electron chi connectivity index (χ1n) is 8.27. The molecule has 5 nitrogen and oxygen atoms in total. The Bertz CT molecular complexity index is 637. The zero-order valence-corrected chi connectivity index (χ0v) is 15.4. The maximum Gasteiger partial charge on any atom is 0.191 e. The van der Waals surface area contributed by atoms with Gasteiger partial charge in [-0.15, -0.1) is 11.3 Å². The Labute approximate surface area is 148 Å². The molecule has 0 spiro atoms. The van der Waals surface area contributed by atoms with Gasteiger partial charge in [-0.25, -0.2) is 4.98 Å². The van der Waals surface area contributed by atoms with Gasteiger partial charge in [0, 0.05) is 37.1 Å². The maximum atomic E-state index is 5.18. The number of thiazole rings is 1. The van der Waals surface area contributed by atoms with Gasteiger partial charge in [0.25, 0.3) is 0 Å². The van der Waals surface area contributed by atoms with Crippen LogP contribution in [0, 0.1) is 6.92 Å². The van der Waals surface area contributed by atoms with Gasteiger partial charge in [0.15, 0.2) is 5.96 Å². The molecule has 2 N–H and O–H groups in total. The van der Waals surface area contributed by atoms with Crippen molar-refractivity contribution in [3.8, 4) is 5.75 Å². The van der Waals surface area contributed by atoms with Crippen LogP contribution in [0.4, 0.5) is 0 Å². The molecular weight excluding hydrogens is 320 g/mol. The van der Waals surface area contributed by atoms with Crippen LogP contribution in [-0.4, -0.2) is 37.7 Å². The van der Waals surface area contributed by atoms with Crippen molar-refractivity contribution in [2.24, 2.45) is 4.99 Å². The molecule has 24 heavy (non-hydrogen) atoms. The Morgan fingerprint density at radius 3 is 2.62 bits per heavy atom. The lowest BCUT2D eigenvalue weighted by Crippen LogP contribution is -2.38. The summed E-state index contributed by atoms with van der Waals surface area (Å²) in [5.74, 6) is 1.75. The molecule has 0 bridgehead atoms. The van der Waals surface area contributed by atoms with Crippen LogP contribution in [0.25, 0.3) is 0 Å². The van der Waals surface area contributed by atoms with E-state index in [9.17, 15) is 0 Å². The monoisotopic (exact) mass is 346 g/mol. The molecule has 0 aliphatic rings. The van der Waals surface area contributed by atoms with Crippen molar-refractivity contribution in [1.29, 1.82) is 0 Å². The average Bonchev–Trinajstić information content (AvgIpc) is 3.01. The van der Waals surface area contributed by atoms with Crippen molar-refractivity contribution in [3.63, 3.8) is 0 Å². The molecule has 1 aromatic heterocycles. The highest BCUT2D eigenvalue weighted by atomic mass is 32.1. The number of benzene rings is 1. The summed E-state index contributed by atoms with van der Waals surface area (Å²) in [6.45, 7) is 6.59. The van der Waals surface area contributed by atoms with E-state index in [0.717, 1.165) is 49.2 Å². The number of aliphatic imine (C=N–C) groups is 1. The van der Waals surface area contributed by atoms with Crippen LogP contribution in [0.2, 0.25) is 0 Å². The first-order valence-corrected chi connectivity index (χ1v) is 9.09. The Morgan fingerprint density at radius 1 is 1.21 bits per heavy atom. The SMILES string of the molecule is CCNC(=NCCc1ncc(C)s1)NCCc1ccc(OC)cc1. The first kappa shape index (κ1) is 18.3. The van der Waals surface area contributed by atoms with Crippen LogP contribution in [0.1, 0.15) is 22.4 Å². The lowest BCUT2D eigenvalue weighted by Gasteiger charge is -2.11. The minimum atomic E-state index is 0.741. The Hall–Kier alpha value is -2.08. The van der Waals surface area contributed by atoms with Gasteiger partial charge in [-0.1, -0.05) is 12.1 Å². The Morgan fingerprint density at radius 2 is 2.00 bits per heavy atom. The molecule has 1 heterocycles. The van der Waals surface area contributed by atoms with Crippen molar-refractivity contribution in [2.75, 3.05) is 26.7 Å². The number of nitrogens with zero attached hydrogens (tertiary/aromatic N) is 2. The largest absolute Gasteiger partial charge is 0.497 e. The molecule has 0 fully saturated rings. The quantitative estimate of drug-likeness (QED) is 0.570. The molecule has 0 aliphatic heterocycles. The van der Waals surface area contributed by atoms with E-state index in [-0.39, 0.29) is 0 Å². The highest BCUT2D eigenvalue weighted by molar-refractivity contribution is 7.11. The van der Waals surface area contributed by atoms with Crippen molar-refractivity contribution in [3.05, 3.63) is 45.9 Å². The predicted octanol–water partition coefficient (Wildman–Crippen LogP) is 2.80. The van der Waals surface area contributed by atoms with Crippen molar-refractivity contribution in [1.82, 2.24) is 15.6 Å². The van der Waals surface area contributed by atoms with Gasteiger partial charge >= 0.3 is 0 Å². The normalized spacial score (nSPS) is 11.4. The second kappa shape index (κ2) is 9.93. The van der Waals surface area contributed by atoms with E-state index in [4.69, 9.17) is 4.74 Å². The van der Waals surface area contributed by atoms with E-state index in [1.54, 1.807) is 18.4 Å². The van der Waals surface area contributed by atoms with E-state index in [0.29, 0.717) is 0 Å². The number of methoxy groups -OCH3 is 1. The number of aryl methyl sites for hydroxylation is 1. The van der Waals surface area contributed by atoms with Gasteiger partial charge in [-0.05, 0) is 38.0 Å². The van der Waals surface area contributed by atoms with Crippen molar-refractivity contribution in [2.45, 2.75) is 26.7 Å². The molecule has 0 unspecified atom stereocenters. The smallest absolute Gasteiger partial charge is 0.191 e. The number of aromatic nitrogens is 1. The zero-order chi connectivity index (χ0) is 17.2. The summed E-state index contributed by atoms with van der Waals surface area (Å²) in [6.07, 6.45) is 3.75. The van der Waals surface area contributed by atoms with E-state index in [1.807, 2.05) is 18.3 Å². The van der Waals surface area contributed by atoms with E-state index in [2.05, 4.69) is 46.6 Å². The summed E-state index contributed by atoms with van der Waals surface area (Å²) in [4.78, 5) is 10.2. The summed E-state index contributed by atoms with van der Waals surface area (Å²) in [5.41, 5.74) is 1.28. The van der Waals surface area contributed by atoms with Crippen LogP contribution < -0.4 is 15.4 Å². The molecule has 0 amide bonds. The van der Waals surface area contributed by atoms with Crippen molar-refractivity contribution >= 4 is 17.3 Å². The predicted molar refractivity (Wildman–Crippen MR) is 101 cm³/mol. The summed E-state index contributed by atoms with van der Waals surface area (Å²) in [6, 6.07) is 8.17. The average molecular weight is 347 g/mol. The van der Waals surface area contributed by atoms with Crippen LogP contribution in [0.3, 0.4) is 0 Å². The lowest BCUT2D eigenvalue weighted by atomic mass is 10.1. The number of hydrogen-bond acceptors (Lipinski definition) is 4. The van der Waals surface area contributed by atoms with Gasteiger partial charge in [-0.2, -0.15) is 0 Å². The first-order chi connectivity index (χ1) is 11.7. The lowest BCUT2D eigenvalue weighted by molar-refractivity contribution is 0.414. The standard InChI is InChI=1S/C18H26N4OS/c1-4-19-18(21-12-10-17-22-13-14(2)24-17)20-11-9-15-5-7-16(23-3)8-6-15/h5-8,13H,4,9-12H2,1-3H3,(H2,19,20,21). The molecule has 0 saturated heterocycles. The van der Waals surface area contributed by atoms with Gasteiger partial charge in [-0.3, -0.25) is 4.99 Å². The van der Waals surface area contributed by atoms with E-state index >= 15 is 0 Å². The summed E-state index contributed by atoms with van der Waals surface area (Å²) in [5, 5.41) is 7.80. The number of ether oxygens (including phenoxy) is 1. The minimum absolute atomic E-state index is 0.741. The minimum Gasteiger partial charge on any atom is -0.497 e. The molecule has 2 aromatic rings. The van der Waals surface area contributed by atoms with Crippen LogP contribution in [0.5, 0.6) is 5.75 Å². The van der Waals surface area contributed by atoms with Gasteiger partial charge in [0.05, 0.1) is 12.1 Å². The number of guanidine groups is 1. The fourth-order valence-corrected chi connectivity index (χ4v) is 3.02. The van der Waals surface area contributed by atoms with Gasteiger partial charge in [0.1, 0.15) is 5.75 Å². The molecular formula is C18H26N4OS. The Balaban J connectivity index is 1.77.